The highest BCUT2D eigenvalue weighted by atomic mass is 32.1. The first-order valence-corrected chi connectivity index (χ1v) is 9.37. The molecule has 0 aliphatic rings. The zero-order valence-corrected chi connectivity index (χ0v) is 16.2. The van der Waals surface area contributed by atoms with E-state index in [-0.39, 0.29) is 24.8 Å². The molecule has 7 nitrogen and oxygen atoms in total. The van der Waals surface area contributed by atoms with Crippen LogP contribution >= 0.6 is 11.3 Å². The molecule has 1 heterocycles. The molecule has 0 saturated carbocycles. The number of ether oxygens (including phenoxy) is 3. The number of carbonyl (C=O) groups is 3. The third-order valence-electron chi connectivity index (χ3n) is 3.63. The summed E-state index contributed by atoms with van der Waals surface area (Å²) >= 11 is 1.04. The Kier molecular flexibility index (Phi) is 7.06. The van der Waals surface area contributed by atoms with Gasteiger partial charge in [0.05, 0.1) is 24.7 Å². The summed E-state index contributed by atoms with van der Waals surface area (Å²) in [7, 11) is 0. The lowest BCUT2D eigenvalue weighted by atomic mass is 9.88. The quantitative estimate of drug-likeness (QED) is 0.388. The zero-order chi connectivity index (χ0) is 19.9. The van der Waals surface area contributed by atoms with Crippen LogP contribution in [0.3, 0.4) is 0 Å². The van der Waals surface area contributed by atoms with Crippen molar-refractivity contribution < 1.29 is 28.6 Å². The number of aromatic nitrogens is 1. The Labute approximate surface area is 161 Å². The fourth-order valence-electron chi connectivity index (χ4n) is 2.41. The summed E-state index contributed by atoms with van der Waals surface area (Å²) < 4.78 is 15.1. The van der Waals surface area contributed by atoms with Crippen LogP contribution in [-0.2, 0) is 34.0 Å². The number of nitrogens with zero attached hydrogens (tertiary/aromatic N) is 1. The van der Waals surface area contributed by atoms with Crippen molar-refractivity contribution in [2.24, 2.45) is 0 Å². The van der Waals surface area contributed by atoms with E-state index in [0.29, 0.717) is 4.88 Å². The van der Waals surface area contributed by atoms with Gasteiger partial charge in [0.25, 0.3) is 0 Å². The van der Waals surface area contributed by atoms with Crippen LogP contribution in [0.5, 0.6) is 0 Å². The molecule has 8 heteroatoms. The molecule has 2 aromatic rings. The second-order valence-electron chi connectivity index (χ2n) is 5.31. The Morgan fingerprint density at radius 1 is 0.889 bits per heavy atom. The van der Waals surface area contributed by atoms with Crippen molar-refractivity contribution in [1.29, 1.82) is 0 Å². The van der Waals surface area contributed by atoms with Crippen LogP contribution in [0.1, 0.15) is 25.8 Å². The lowest BCUT2D eigenvalue weighted by Crippen LogP contribution is -2.53. The molecular formula is C19H21NO6S. The second kappa shape index (κ2) is 9.27. The average Bonchev–Trinajstić information content (AvgIpc) is 3.14. The summed E-state index contributed by atoms with van der Waals surface area (Å²) in [6, 6.07) is 9.29. The number of hydrogen-bond donors (Lipinski definition) is 0. The summed E-state index contributed by atoms with van der Waals surface area (Å²) in [6.07, 6.45) is 1.50. The Hall–Kier alpha value is -2.74. The van der Waals surface area contributed by atoms with Gasteiger partial charge in [-0.15, -0.1) is 11.3 Å². The molecule has 27 heavy (non-hydrogen) atoms. The maximum absolute atomic E-state index is 12.8. The van der Waals surface area contributed by atoms with Gasteiger partial charge in [-0.25, -0.2) is 19.4 Å². The van der Waals surface area contributed by atoms with Crippen LogP contribution in [0.15, 0.2) is 36.5 Å². The van der Waals surface area contributed by atoms with Crippen LogP contribution in [0, 0.1) is 0 Å². The van der Waals surface area contributed by atoms with Crippen LogP contribution in [0.2, 0.25) is 0 Å². The molecule has 0 aliphatic carbocycles. The predicted molar refractivity (Wildman–Crippen MR) is 99.1 cm³/mol. The van der Waals surface area contributed by atoms with Gasteiger partial charge in [0.2, 0.25) is 0 Å². The number of benzene rings is 1. The fraction of sp³-hybridized carbons (Fsp3) is 0.368. The zero-order valence-electron chi connectivity index (χ0n) is 15.4. The third-order valence-corrected chi connectivity index (χ3v) is 4.80. The van der Waals surface area contributed by atoms with Gasteiger partial charge in [0, 0.05) is 6.20 Å². The fourth-order valence-corrected chi connectivity index (χ4v) is 3.49. The molecule has 0 spiro atoms. The Morgan fingerprint density at radius 3 is 1.81 bits per heavy atom. The van der Waals surface area contributed by atoms with Crippen molar-refractivity contribution in [2.75, 3.05) is 19.8 Å². The number of carbonyl (C=O) groups excluding carboxylic acids is 3. The Bertz CT molecular complexity index is 756. The molecule has 0 fully saturated rings. The molecule has 1 aromatic carbocycles. The van der Waals surface area contributed by atoms with E-state index in [1.54, 1.807) is 20.8 Å². The summed E-state index contributed by atoms with van der Waals surface area (Å²) in [5.41, 5.74) is -1.56. The van der Waals surface area contributed by atoms with E-state index in [1.807, 2.05) is 30.3 Å². The monoisotopic (exact) mass is 391 g/mol. The largest absolute Gasteiger partial charge is 0.464 e. The van der Waals surface area contributed by atoms with Crippen LogP contribution in [-0.4, -0.2) is 42.7 Å². The molecule has 0 aliphatic heterocycles. The molecule has 0 unspecified atom stereocenters. The lowest BCUT2D eigenvalue weighted by Gasteiger charge is -2.24. The van der Waals surface area contributed by atoms with Gasteiger partial charge in [0.1, 0.15) is 5.01 Å². The van der Waals surface area contributed by atoms with Gasteiger partial charge in [0.15, 0.2) is 0 Å². The van der Waals surface area contributed by atoms with Crippen molar-refractivity contribution >= 4 is 29.2 Å². The van der Waals surface area contributed by atoms with Crippen molar-refractivity contribution in [3.8, 4) is 10.4 Å². The molecule has 0 N–H and O–H groups in total. The van der Waals surface area contributed by atoms with Crippen LogP contribution < -0.4 is 0 Å². The number of hydrogen-bond acceptors (Lipinski definition) is 8. The summed E-state index contributed by atoms with van der Waals surface area (Å²) in [4.78, 5) is 43.2. The first-order valence-electron chi connectivity index (χ1n) is 8.55. The normalized spacial score (nSPS) is 10.9. The van der Waals surface area contributed by atoms with E-state index in [1.165, 1.54) is 6.20 Å². The van der Waals surface area contributed by atoms with Gasteiger partial charge in [-0.05, 0) is 26.3 Å². The van der Waals surface area contributed by atoms with E-state index < -0.39 is 23.3 Å². The van der Waals surface area contributed by atoms with Crippen molar-refractivity contribution in [3.63, 3.8) is 0 Å². The van der Waals surface area contributed by atoms with Crippen molar-refractivity contribution in [2.45, 2.75) is 26.2 Å². The molecule has 0 radical (unpaired) electrons. The maximum Gasteiger partial charge on any atom is 0.342 e. The van der Waals surface area contributed by atoms with Crippen LogP contribution in [0.4, 0.5) is 0 Å². The summed E-state index contributed by atoms with van der Waals surface area (Å²) in [5, 5.41) is -0.0447. The first kappa shape index (κ1) is 20.6. The van der Waals surface area contributed by atoms with Gasteiger partial charge in [-0.2, -0.15) is 0 Å². The summed E-state index contributed by atoms with van der Waals surface area (Å²) in [5.74, 6) is -3.18. The summed E-state index contributed by atoms with van der Waals surface area (Å²) in [6.45, 7) is 4.69. The molecule has 0 bridgehead atoms. The molecule has 1 aromatic heterocycles. The van der Waals surface area contributed by atoms with E-state index in [4.69, 9.17) is 14.2 Å². The number of thiazole rings is 1. The minimum atomic E-state index is -2.40. The van der Waals surface area contributed by atoms with E-state index in [9.17, 15) is 14.4 Å². The van der Waals surface area contributed by atoms with Crippen LogP contribution in [0.25, 0.3) is 10.4 Å². The minimum absolute atomic E-state index is 0.0175. The predicted octanol–water partition coefficient (Wildman–Crippen LogP) is 2.74. The molecule has 2 rings (SSSR count). The van der Waals surface area contributed by atoms with E-state index in [0.717, 1.165) is 16.9 Å². The second-order valence-corrected chi connectivity index (χ2v) is 6.34. The van der Waals surface area contributed by atoms with Crippen molar-refractivity contribution in [3.05, 3.63) is 41.5 Å². The topological polar surface area (TPSA) is 91.8 Å². The van der Waals surface area contributed by atoms with Gasteiger partial charge >= 0.3 is 23.3 Å². The van der Waals surface area contributed by atoms with E-state index >= 15 is 0 Å². The average molecular weight is 391 g/mol. The smallest absolute Gasteiger partial charge is 0.342 e. The minimum Gasteiger partial charge on any atom is -0.464 e. The van der Waals surface area contributed by atoms with Gasteiger partial charge in [-0.1, -0.05) is 30.3 Å². The lowest BCUT2D eigenvalue weighted by molar-refractivity contribution is -0.175. The highest BCUT2D eigenvalue weighted by molar-refractivity contribution is 7.15. The standard InChI is InChI=1S/C19H21NO6S/c1-4-24-16(21)19(17(22)25-5-2,18(23)26-6-3)15-20-12-14(27-15)13-10-8-7-9-11-13/h7-12H,4-6H2,1-3H3. The molecule has 0 atom stereocenters. The first-order chi connectivity index (χ1) is 13.0. The number of esters is 3. The molecular weight excluding hydrogens is 370 g/mol. The van der Waals surface area contributed by atoms with Gasteiger partial charge < -0.3 is 14.2 Å². The Morgan fingerprint density at radius 2 is 1.37 bits per heavy atom. The molecule has 0 amide bonds. The van der Waals surface area contributed by atoms with Gasteiger partial charge in [-0.3, -0.25) is 0 Å². The van der Waals surface area contributed by atoms with E-state index in [2.05, 4.69) is 4.98 Å². The Balaban J connectivity index is 2.63. The highest BCUT2D eigenvalue weighted by Gasteiger charge is 2.61. The SMILES string of the molecule is CCOC(=O)C(C(=O)OCC)(C(=O)OCC)c1ncc(-c2ccccc2)s1. The van der Waals surface area contributed by atoms with Crippen molar-refractivity contribution in [1.82, 2.24) is 4.98 Å². The maximum atomic E-state index is 12.8. The number of rotatable bonds is 8. The molecule has 144 valence electrons. The highest BCUT2D eigenvalue weighted by Crippen LogP contribution is 2.36. The molecule has 0 saturated heterocycles. The third kappa shape index (κ3) is 4.00.